The first kappa shape index (κ1) is 22.8. The molecular formula is C26H24FN3O5. The number of carboxylic acid groups (broad SMARTS) is 1. The summed E-state index contributed by atoms with van der Waals surface area (Å²) in [6.07, 6.45) is 2.26. The van der Waals surface area contributed by atoms with Gasteiger partial charge in [0.2, 0.25) is 0 Å². The summed E-state index contributed by atoms with van der Waals surface area (Å²) < 4.78 is 26.4. The highest BCUT2D eigenvalue weighted by Gasteiger charge is 2.27. The van der Waals surface area contributed by atoms with Crippen molar-refractivity contribution in [1.82, 2.24) is 9.88 Å². The zero-order chi connectivity index (χ0) is 24.4. The lowest BCUT2D eigenvalue weighted by Crippen LogP contribution is -2.23. The molecule has 1 fully saturated rings. The van der Waals surface area contributed by atoms with Gasteiger partial charge in [0.05, 0.1) is 11.5 Å². The van der Waals surface area contributed by atoms with Crippen LogP contribution in [-0.2, 0) is 11.3 Å². The molecule has 35 heavy (non-hydrogen) atoms. The van der Waals surface area contributed by atoms with Crippen LogP contribution >= 0.6 is 0 Å². The maximum Gasteiger partial charge on any atom is 0.307 e. The van der Waals surface area contributed by atoms with Crippen molar-refractivity contribution in [3.63, 3.8) is 0 Å². The lowest BCUT2D eigenvalue weighted by molar-refractivity contribution is -0.141. The topological polar surface area (TPSA) is 101 Å². The summed E-state index contributed by atoms with van der Waals surface area (Å²) in [5.74, 6) is -0.905. The third-order valence-electron chi connectivity index (χ3n) is 6.19. The number of fused-ring (bicyclic) bond motifs is 1. The smallest absolute Gasteiger partial charge is 0.307 e. The quantitative estimate of drug-likeness (QED) is 0.557. The maximum atomic E-state index is 15.3. The van der Waals surface area contributed by atoms with Crippen molar-refractivity contribution in [2.24, 2.45) is 5.92 Å². The lowest BCUT2D eigenvalue weighted by atomic mass is 10.0. The van der Waals surface area contributed by atoms with Crippen LogP contribution in [0.5, 0.6) is 11.5 Å². The number of likely N-dealkylation sites (tertiary alicyclic amines) is 1. The van der Waals surface area contributed by atoms with E-state index < -0.39 is 17.7 Å². The Morgan fingerprint density at radius 2 is 1.94 bits per heavy atom. The number of aliphatic carboxylic acids is 1. The van der Waals surface area contributed by atoms with Crippen LogP contribution in [0.3, 0.4) is 0 Å². The highest BCUT2D eigenvalue weighted by Crippen LogP contribution is 2.36. The van der Waals surface area contributed by atoms with Gasteiger partial charge in [-0.25, -0.2) is 9.37 Å². The van der Waals surface area contributed by atoms with E-state index in [0.717, 1.165) is 5.56 Å². The van der Waals surface area contributed by atoms with Gasteiger partial charge in [-0.2, -0.15) is 0 Å². The Morgan fingerprint density at radius 3 is 2.69 bits per heavy atom. The number of carbonyl (C=O) groups excluding carboxylic acids is 1. The van der Waals surface area contributed by atoms with E-state index in [2.05, 4.69) is 15.2 Å². The Bertz CT molecular complexity index is 1260. The molecule has 0 spiro atoms. The standard InChI is InChI=1S/C26H24FN3O5/c27-24-19(17-5-6-21-22(12-17)35-11-10-34-21)2-1-3-20(24)25(31)29-23-7-4-16(13-28-23)14-30-9-8-18(15-30)26(32)33/h1-7,12-13,18H,8-11,14-15H2,(H,32,33)(H,28,29,31)/t18-/m0/s1. The molecule has 0 radical (unpaired) electrons. The summed E-state index contributed by atoms with van der Waals surface area (Å²) in [6.45, 7) is 2.70. The van der Waals surface area contributed by atoms with Crippen molar-refractivity contribution in [1.29, 1.82) is 0 Å². The van der Waals surface area contributed by atoms with Crippen molar-refractivity contribution in [2.45, 2.75) is 13.0 Å². The summed E-state index contributed by atoms with van der Waals surface area (Å²) >= 11 is 0. The molecule has 180 valence electrons. The zero-order valence-electron chi connectivity index (χ0n) is 18.9. The van der Waals surface area contributed by atoms with Gasteiger partial charge < -0.3 is 19.9 Å². The molecule has 3 heterocycles. The fourth-order valence-electron chi connectivity index (χ4n) is 4.35. The monoisotopic (exact) mass is 477 g/mol. The van der Waals surface area contributed by atoms with E-state index in [0.29, 0.717) is 62.1 Å². The Morgan fingerprint density at radius 1 is 1.11 bits per heavy atom. The Hall–Kier alpha value is -3.98. The zero-order valence-corrected chi connectivity index (χ0v) is 18.9. The van der Waals surface area contributed by atoms with E-state index in [1.807, 2.05) is 6.07 Å². The molecule has 8 nitrogen and oxygen atoms in total. The number of nitrogens with one attached hydrogen (secondary N) is 1. The fourth-order valence-corrected chi connectivity index (χ4v) is 4.35. The van der Waals surface area contributed by atoms with Crippen molar-refractivity contribution in [2.75, 3.05) is 31.6 Å². The first-order chi connectivity index (χ1) is 17.0. The van der Waals surface area contributed by atoms with E-state index >= 15 is 4.39 Å². The molecule has 2 aromatic carbocycles. The number of nitrogens with zero attached hydrogens (tertiary/aromatic N) is 2. The molecule has 1 aromatic heterocycles. The van der Waals surface area contributed by atoms with Gasteiger partial charge in [0.1, 0.15) is 24.8 Å². The van der Waals surface area contributed by atoms with Gasteiger partial charge in [-0.3, -0.25) is 14.5 Å². The second kappa shape index (κ2) is 9.71. The molecule has 2 aliphatic rings. The van der Waals surface area contributed by atoms with Gasteiger partial charge in [0, 0.05) is 24.8 Å². The second-order valence-corrected chi connectivity index (χ2v) is 8.59. The molecule has 1 amide bonds. The third kappa shape index (κ3) is 4.95. The molecular weight excluding hydrogens is 453 g/mol. The lowest BCUT2D eigenvalue weighted by Gasteiger charge is -2.19. The van der Waals surface area contributed by atoms with Crippen molar-refractivity contribution < 1.29 is 28.6 Å². The number of hydrogen-bond acceptors (Lipinski definition) is 6. The fraction of sp³-hybridized carbons (Fsp3) is 0.269. The summed E-state index contributed by atoms with van der Waals surface area (Å²) in [5, 5.41) is 11.8. The van der Waals surface area contributed by atoms with Gasteiger partial charge in [0.15, 0.2) is 11.5 Å². The molecule has 9 heteroatoms. The Balaban J connectivity index is 1.27. The first-order valence-corrected chi connectivity index (χ1v) is 11.4. The minimum atomic E-state index is -0.769. The predicted octanol–water partition coefficient (Wildman–Crippen LogP) is 3.82. The predicted molar refractivity (Wildman–Crippen MR) is 126 cm³/mol. The number of rotatable bonds is 6. The highest BCUT2D eigenvalue weighted by molar-refractivity contribution is 6.04. The number of carboxylic acids is 1. The molecule has 1 atom stereocenters. The summed E-state index contributed by atoms with van der Waals surface area (Å²) in [4.78, 5) is 30.3. The number of aromatic nitrogens is 1. The minimum absolute atomic E-state index is 0.0972. The Labute approximate surface area is 201 Å². The summed E-state index contributed by atoms with van der Waals surface area (Å²) in [5.41, 5.74) is 1.67. The van der Waals surface area contributed by atoms with Gasteiger partial charge >= 0.3 is 5.97 Å². The van der Waals surface area contributed by atoms with Crippen molar-refractivity contribution in [3.8, 4) is 22.6 Å². The van der Waals surface area contributed by atoms with Gasteiger partial charge in [-0.05, 0) is 48.4 Å². The number of hydrogen-bond donors (Lipinski definition) is 2. The van der Waals surface area contributed by atoms with Gasteiger partial charge in [0.25, 0.3) is 5.91 Å². The number of pyridine rings is 1. The van der Waals surface area contributed by atoms with E-state index in [-0.39, 0.29) is 17.0 Å². The second-order valence-electron chi connectivity index (χ2n) is 8.59. The number of halogens is 1. The molecule has 3 aromatic rings. The normalized spacial score (nSPS) is 17.2. The van der Waals surface area contributed by atoms with Gasteiger partial charge in [-0.15, -0.1) is 0 Å². The SMILES string of the molecule is O=C(Nc1ccc(CN2CC[C@H](C(=O)O)C2)cn1)c1cccc(-c2ccc3c(c2)OCCO3)c1F. The average Bonchev–Trinajstić information content (AvgIpc) is 3.34. The third-order valence-corrected chi connectivity index (χ3v) is 6.19. The van der Waals surface area contributed by atoms with Crippen LogP contribution in [0.1, 0.15) is 22.3 Å². The van der Waals surface area contributed by atoms with Crippen LogP contribution in [0.25, 0.3) is 11.1 Å². The van der Waals surface area contributed by atoms with Crippen molar-refractivity contribution in [3.05, 3.63) is 71.7 Å². The maximum absolute atomic E-state index is 15.3. The largest absolute Gasteiger partial charge is 0.486 e. The van der Waals surface area contributed by atoms with E-state index in [9.17, 15) is 9.59 Å². The van der Waals surface area contributed by atoms with Crippen LogP contribution < -0.4 is 14.8 Å². The highest BCUT2D eigenvalue weighted by atomic mass is 19.1. The first-order valence-electron chi connectivity index (χ1n) is 11.4. The van der Waals surface area contributed by atoms with E-state index in [4.69, 9.17) is 14.6 Å². The van der Waals surface area contributed by atoms with E-state index in [1.54, 1.807) is 42.6 Å². The molecule has 1 saturated heterocycles. The number of anilines is 1. The van der Waals surface area contributed by atoms with Crippen molar-refractivity contribution >= 4 is 17.7 Å². The summed E-state index contributed by atoms with van der Waals surface area (Å²) in [6, 6.07) is 13.3. The van der Waals surface area contributed by atoms with E-state index in [1.165, 1.54) is 6.07 Å². The Kier molecular flexibility index (Phi) is 6.33. The van der Waals surface area contributed by atoms with Crippen LogP contribution in [0, 0.1) is 11.7 Å². The van der Waals surface area contributed by atoms with Gasteiger partial charge in [-0.1, -0.05) is 24.3 Å². The number of amides is 1. The molecule has 0 saturated carbocycles. The molecule has 2 aliphatic heterocycles. The van der Waals surface area contributed by atoms with Crippen LogP contribution in [0.2, 0.25) is 0 Å². The van der Waals surface area contributed by atoms with Crippen LogP contribution in [0.15, 0.2) is 54.7 Å². The number of ether oxygens (including phenoxy) is 2. The molecule has 0 unspecified atom stereocenters. The molecule has 0 aliphatic carbocycles. The van der Waals surface area contributed by atoms with Crippen LogP contribution in [0.4, 0.5) is 10.2 Å². The molecule has 0 bridgehead atoms. The van der Waals surface area contributed by atoms with Crippen LogP contribution in [-0.4, -0.2) is 53.2 Å². The minimum Gasteiger partial charge on any atom is -0.486 e. The molecule has 2 N–H and O–H groups in total. The average molecular weight is 477 g/mol. The molecule has 5 rings (SSSR count). The number of benzene rings is 2. The number of carbonyl (C=O) groups is 2. The summed E-state index contributed by atoms with van der Waals surface area (Å²) in [7, 11) is 0.